The van der Waals surface area contributed by atoms with E-state index in [-0.39, 0.29) is 62.9 Å². The maximum atomic E-state index is 6.19. The molecule has 9 rings (SSSR count). The Kier molecular flexibility index (Phi) is 11.3. The second kappa shape index (κ2) is 14.1. The van der Waals surface area contributed by atoms with Crippen LogP contribution in [0.25, 0.3) is 12.2 Å². The molecular formula is C34H20Br2Cl3NSZr. The summed E-state index contributed by atoms with van der Waals surface area (Å²) >= 11 is 15.1. The third-order valence-electron chi connectivity index (χ3n) is 7.31. The van der Waals surface area contributed by atoms with Crippen LogP contribution < -0.4 is 29.7 Å². The molecule has 2 atom stereocenters. The van der Waals surface area contributed by atoms with E-state index in [9.17, 15) is 0 Å². The van der Waals surface area contributed by atoms with Crippen molar-refractivity contribution < 1.29 is 51.0 Å². The Morgan fingerprint density at radius 2 is 1.33 bits per heavy atom. The molecule has 5 aromatic rings. The molecule has 0 amide bonds. The summed E-state index contributed by atoms with van der Waals surface area (Å²) in [5, 5.41) is 1.12. The van der Waals surface area contributed by atoms with Gasteiger partial charge in [-0.1, -0.05) is 127 Å². The standard InChI is InChI=1S/C19H10BrClNS.C15H10Br.2ClH.Zr/c20-15-7-8-16-14-6-5-13(19(14)15)11-1-3-12(4-2-11)22(16)18-10-9-17(21)23-18;16-14-8-4-7-12-9-10-13(15(12)14)11-5-2-1-3-6-11;;;/h1-4,6-10,13H;1-9,13H;2*1H;/q2*-1;;;+4/p-2. The number of thiophene rings is 1. The van der Waals surface area contributed by atoms with Crippen molar-refractivity contribution in [3.05, 3.63) is 156 Å². The van der Waals surface area contributed by atoms with Crippen LogP contribution in [0.3, 0.4) is 0 Å². The quantitative estimate of drug-likeness (QED) is 0.218. The molecule has 2 aliphatic heterocycles. The van der Waals surface area contributed by atoms with E-state index in [0.717, 1.165) is 19.5 Å². The summed E-state index contributed by atoms with van der Waals surface area (Å²) in [7, 11) is 0. The molecule has 8 heteroatoms. The van der Waals surface area contributed by atoms with E-state index in [0.29, 0.717) is 0 Å². The van der Waals surface area contributed by atoms with Crippen molar-refractivity contribution in [1.29, 1.82) is 0 Å². The summed E-state index contributed by atoms with van der Waals surface area (Å²) in [6.07, 6.45) is 11.2. The Balaban J connectivity index is 0.000000190. The molecule has 6 bridgehead atoms. The van der Waals surface area contributed by atoms with Gasteiger partial charge in [-0.25, -0.2) is 12.2 Å². The third-order valence-corrected chi connectivity index (χ3v) is 9.91. The van der Waals surface area contributed by atoms with Gasteiger partial charge < -0.3 is 29.7 Å². The van der Waals surface area contributed by atoms with Gasteiger partial charge in [-0.05, 0) is 36.0 Å². The Morgan fingerprint density at radius 3 is 2.05 bits per heavy atom. The predicted molar refractivity (Wildman–Crippen MR) is 171 cm³/mol. The molecule has 42 heavy (non-hydrogen) atoms. The monoisotopic (exact) mass is 827 g/mol. The average molecular weight is 832 g/mol. The van der Waals surface area contributed by atoms with Crippen molar-refractivity contribution in [2.24, 2.45) is 0 Å². The number of allylic oxidation sites excluding steroid dienone is 2. The first-order valence-electron chi connectivity index (χ1n) is 12.6. The van der Waals surface area contributed by atoms with Gasteiger partial charge in [0.05, 0.1) is 4.34 Å². The van der Waals surface area contributed by atoms with E-state index in [4.69, 9.17) is 11.6 Å². The Morgan fingerprint density at radius 1 is 0.667 bits per heavy atom. The van der Waals surface area contributed by atoms with E-state index in [1.807, 2.05) is 12.1 Å². The molecule has 0 radical (unpaired) electrons. The van der Waals surface area contributed by atoms with Crippen LogP contribution in [0.1, 0.15) is 45.2 Å². The van der Waals surface area contributed by atoms with Crippen molar-refractivity contribution in [2.75, 3.05) is 4.90 Å². The van der Waals surface area contributed by atoms with Gasteiger partial charge >= 0.3 is 26.2 Å². The molecule has 0 saturated heterocycles. The SMILES string of the molecule is Brc1cccc2c1C(c1ccccc1)[C-]=C2.Clc1ccc(N2c3ccc(cc3)C3[C-]=Cc4c2ccc(Br)c43)s1.[Cl-].[Cl-].[Zr+4]. The van der Waals surface area contributed by atoms with Gasteiger partial charge in [-0.3, -0.25) is 12.2 Å². The maximum Gasteiger partial charge on any atom is 4.00 e. The second-order valence-corrected chi connectivity index (χ2v) is 12.9. The topological polar surface area (TPSA) is 3.24 Å². The largest absolute Gasteiger partial charge is 4.00 e. The molecule has 0 spiro atoms. The van der Waals surface area contributed by atoms with Crippen LogP contribution in [0, 0.1) is 12.2 Å². The fourth-order valence-electron chi connectivity index (χ4n) is 5.53. The number of halogens is 5. The Hall–Kier alpha value is -1.43. The van der Waals surface area contributed by atoms with Crippen LogP contribution in [0.5, 0.6) is 0 Å². The summed E-state index contributed by atoms with van der Waals surface area (Å²) in [5.41, 5.74) is 10.0. The van der Waals surface area contributed by atoms with Crippen molar-refractivity contribution >= 4 is 83.3 Å². The summed E-state index contributed by atoms with van der Waals surface area (Å²) in [4.78, 5) is 2.28. The number of hydrogen-bond acceptors (Lipinski definition) is 2. The minimum Gasteiger partial charge on any atom is -1.00 e. The van der Waals surface area contributed by atoms with E-state index >= 15 is 0 Å². The first-order valence-corrected chi connectivity index (χ1v) is 15.4. The maximum absolute atomic E-state index is 6.19. The van der Waals surface area contributed by atoms with Gasteiger partial charge in [-0.15, -0.1) is 34.1 Å². The van der Waals surface area contributed by atoms with Gasteiger partial charge in [0.25, 0.3) is 0 Å². The molecule has 0 saturated carbocycles. The van der Waals surface area contributed by atoms with Crippen LogP contribution in [-0.2, 0) is 26.2 Å². The number of benzene rings is 4. The van der Waals surface area contributed by atoms with Gasteiger partial charge in [0.2, 0.25) is 0 Å². The van der Waals surface area contributed by atoms with Crippen molar-refractivity contribution in [3.63, 3.8) is 0 Å². The molecule has 0 N–H and O–H groups in total. The van der Waals surface area contributed by atoms with Crippen LogP contribution in [0.2, 0.25) is 4.34 Å². The van der Waals surface area contributed by atoms with E-state index in [1.54, 1.807) is 11.3 Å². The molecule has 0 fully saturated rings. The zero-order valence-electron chi connectivity index (χ0n) is 21.8. The summed E-state index contributed by atoms with van der Waals surface area (Å²) in [5.74, 6) is 0.465. The zero-order valence-corrected chi connectivity index (χ0v) is 30.5. The minimum atomic E-state index is 0. The van der Waals surface area contributed by atoms with Crippen LogP contribution >= 0.6 is 54.8 Å². The molecule has 2 aliphatic carbocycles. The Bertz CT molecular complexity index is 1770. The number of anilines is 3. The van der Waals surface area contributed by atoms with Crippen LogP contribution in [0.15, 0.2) is 106 Å². The fraction of sp³-hybridized carbons (Fsp3) is 0.0588. The fourth-order valence-corrected chi connectivity index (χ4v) is 7.78. The average Bonchev–Trinajstić information content (AvgIpc) is 3.71. The van der Waals surface area contributed by atoms with Crippen molar-refractivity contribution in [1.82, 2.24) is 0 Å². The van der Waals surface area contributed by atoms with Crippen molar-refractivity contribution in [2.45, 2.75) is 11.8 Å². The predicted octanol–water partition coefficient (Wildman–Crippen LogP) is 5.33. The molecule has 4 aliphatic rings. The van der Waals surface area contributed by atoms with Gasteiger partial charge in [0.1, 0.15) is 5.00 Å². The van der Waals surface area contributed by atoms with E-state index in [2.05, 4.69) is 146 Å². The minimum absolute atomic E-state index is 0. The number of rotatable bonds is 2. The molecule has 2 unspecified atom stereocenters. The smallest absolute Gasteiger partial charge is 1.00 e. The third kappa shape index (κ3) is 6.09. The molecule has 3 heterocycles. The Labute approximate surface area is 303 Å². The molecule has 1 aromatic heterocycles. The molecular weight excluding hydrogens is 812 g/mol. The van der Waals surface area contributed by atoms with Crippen molar-refractivity contribution in [3.8, 4) is 0 Å². The molecule has 206 valence electrons. The summed E-state index contributed by atoms with van der Waals surface area (Å²) in [6.45, 7) is 0. The molecule has 4 aromatic carbocycles. The van der Waals surface area contributed by atoms with Gasteiger partial charge in [0, 0.05) is 14.6 Å². The zero-order chi connectivity index (χ0) is 26.5. The van der Waals surface area contributed by atoms with E-state index in [1.165, 1.54) is 43.5 Å². The second-order valence-electron chi connectivity index (χ2n) is 9.54. The van der Waals surface area contributed by atoms with Gasteiger partial charge in [0.15, 0.2) is 0 Å². The summed E-state index contributed by atoms with van der Waals surface area (Å²) < 4.78 is 3.10. The van der Waals surface area contributed by atoms with E-state index < -0.39 is 0 Å². The number of hydrogen-bond donors (Lipinski definition) is 0. The van der Waals surface area contributed by atoms with Crippen LogP contribution in [0.4, 0.5) is 16.4 Å². The number of fused-ring (bicyclic) bond motifs is 3. The first kappa shape index (κ1) is 33.5. The van der Waals surface area contributed by atoms with Gasteiger partial charge in [-0.2, -0.15) is 5.56 Å². The first-order chi connectivity index (χ1) is 19.1. The summed E-state index contributed by atoms with van der Waals surface area (Å²) in [6, 6.07) is 33.9. The van der Waals surface area contributed by atoms with Crippen LogP contribution in [-0.4, -0.2) is 0 Å². The normalized spacial score (nSPS) is 16.1. The number of nitrogens with zero attached hydrogens (tertiary/aromatic N) is 1. The molecule has 1 nitrogen and oxygen atoms in total.